The van der Waals surface area contributed by atoms with Crippen molar-refractivity contribution in [3.63, 3.8) is 0 Å². The van der Waals surface area contributed by atoms with Crippen molar-refractivity contribution in [3.05, 3.63) is 0 Å². The predicted octanol–water partition coefficient (Wildman–Crippen LogP) is 3.84. The molecule has 2 atom stereocenters. The maximum atomic E-state index is 3.46. The molecule has 1 rings (SSSR count). The van der Waals surface area contributed by atoms with Gasteiger partial charge in [0, 0.05) is 6.04 Å². The van der Waals surface area contributed by atoms with E-state index in [9.17, 15) is 0 Å². The van der Waals surface area contributed by atoms with Crippen molar-refractivity contribution in [2.24, 2.45) is 16.7 Å². The van der Waals surface area contributed by atoms with Gasteiger partial charge in [-0.3, -0.25) is 0 Å². The summed E-state index contributed by atoms with van der Waals surface area (Å²) in [5.41, 5.74) is 1.01. The van der Waals surface area contributed by atoms with Crippen LogP contribution < -0.4 is 5.32 Å². The van der Waals surface area contributed by atoms with Gasteiger partial charge >= 0.3 is 0 Å². The minimum Gasteiger partial charge on any atom is -0.317 e. The highest BCUT2D eigenvalue weighted by Crippen LogP contribution is 2.45. The Bertz CT molecular complexity index is 200. The van der Waals surface area contributed by atoms with Crippen molar-refractivity contribution in [2.45, 2.75) is 66.3 Å². The van der Waals surface area contributed by atoms with Crippen LogP contribution in [0.25, 0.3) is 0 Å². The second-order valence-electron chi connectivity index (χ2n) is 7.21. The Morgan fingerprint density at radius 2 is 1.87 bits per heavy atom. The standard InChI is InChI=1S/C14H29N/c1-13(2,3)10-11-9-12(15-6)7-8-14(11,4)5/h11-12,15H,7-10H2,1-6H3. The van der Waals surface area contributed by atoms with Gasteiger partial charge in [0.05, 0.1) is 0 Å². The molecule has 0 aromatic carbocycles. The molecular formula is C14H29N. The van der Waals surface area contributed by atoms with E-state index in [4.69, 9.17) is 0 Å². The molecule has 0 aromatic rings. The minimum atomic E-state index is 0.470. The van der Waals surface area contributed by atoms with Gasteiger partial charge in [-0.1, -0.05) is 34.6 Å². The number of hydrogen-bond acceptors (Lipinski definition) is 1. The summed E-state index contributed by atoms with van der Waals surface area (Å²) < 4.78 is 0. The van der Waals surface area contributed by atoms with E-state index in [1.807, 2.05) is 0 Å². The number of hydrogen-bond donors (Lipinski definition) is 1. The summed E-state index contributed by atoms with van der Waals surface area (Å²) in [7, 11) is 2.11. The van der Waals surface area contributed by atoms with Gasteiger partial charge in [-0.2, -0.15) is 0 Å². The average Bonchev–Trinajstić information content (AvgIpc) is 2.06. The zero-order chi connectivity index (χ0) is 11.7. The Kier molecular flexibility index (Phi) is 3.86. The Balaban J connectivity index is 2.64. The molecule has 1 saturated carbocycles. The maximum absolute atomic E-state index is 3.46. The molecule has 15 heavy (non-hydrogen) atoms. The van der Waals surface area contributed by atoms with Crippen LogP contribution in [-0.4, -0.2) is 13.1 Å². The van der Waals surface area contributed by atoms with Gasteiger partial charge in [-0.05, 0) is 49.5 Å². The van der Waals surface area contributed by atoms with E-state index >= 15 is 0 Å². The molecule has 1 aliphatic rings. The molecule has 1 nitrogen and oxygen atoms in total. The molecule has 0 aromatic heterocycles. The Morgan fingerprint density at radius 1 is 1.27 bits per heavy atom. The quantitative estimate of drug-likeness (QED) is 0.732. The Morgan fingerprint density at radius 3 is 2.33 bits per heavy atom. The zero-order valence-corrected chi connectivity index (χ0v) is 11.5. The molecular weight excluding hydrogens is 182 g/mol. The molecule has 0 spiro atoms. The van der Waals surface area contributed by atoms with Crippen LogP contribution in [0.2, 0.25) is 0 Å². The number of nitrogens with one attached hydrogen (secondary N) is 1. The van der Waals surface area contributed by atoms with Crippen molar-refractivity contribution in [1.29, 1.82) is 0 Å². The van der Waals surface area contributed by atoms with Gasteiger partial charge in [0.1, 0.15) is 0 Å². The van der Waals surface area contributed by atoms with E-state index in [1.54, 1.807) is 0 Å². The Hall–Kier alpha value is -0.0400. The molecule has 1 heteroatoms. The van der Waals surface area contributed by atoms with Gasteiger partial charge in [0.15, 0.2) is 0 Å². The van der Waals surface area contributed by atoms with Crippen molar-refractivity contribution in [2.75, 3.05) is 7.05 Å². The normalized spacial score (nSPS) is 31.6. The molecule has 2 unspecified atom stereocenters. The van der Waals surface area contributed by atoms with Crippen molar-refractivity contribution in [1.82, 2.24) is 5.32 Å². The molecule has 0 radical (unpaired) electrons. The first-order valence-corrected chi connectivity index (χ1v) is 6.42. The molecule has 90 valence electrons. The van der Waals surface area contributed by atoms with Gasteiger partial charge in [-0.25, -0.2) is 0 Å². The van der Waals surface area contributed by atoms with Gasteiger partial charge in [-0.15, -0.1) is 0 Å². The number of rotatable bonds is 2. The van der Waals surface area contributed by atoms with Crippen LogP contribution in [0, 0.1) is 16.7 Å². The van der Waals surface area contributed by atoms with Crippen molar-refractivity contribution >= 4 is 0 Å². The van der Waals surface area contributed by atoms with E-state index in [-0.39, 0.29) is 0 Å². The van der Waals surface area contributed by atoms with Gasteiger partial charge in [0.2, 0.25) is 0 Å². The first-order chi connectivity index (χ1) is 6.74. The first kappa shape index (κ1) is 13.0. The highest BCUT2D eigenvalue weighted by molar-refractivity contribution is 4.90. The van der Waals surface area contributed by atoms with Crippen LogP contribution in [0.4, 0.5) is 0 Å². The lowest BCUT2D eigenvalue weighted by Crippen LogP contribution is -2.41. The average molecular weight is 211 g/mol. The predicted molar refractivity (Wildman–Crippen MR) is 68.0 cm³/mol. The van der Waals surface area contributed by atoms with Crippen LogP contribution in [0.3, 0.4) is 0 Å². The minimum absolute atomic E-state index is 0.470. The molecule has 0 bridgehead atoms. The van der Waals surface area contributed by atoms with Gasteiger partial charge in [0.25, 0.3) is 0 Å². The Labute approximate surface area is 96.0 Å². The molecule has 0 amide bonds. The van der Waals surface area contributed by atoms with E-state index in [2.05, 4.69) is 47.0 Å². The second kappa shape index (κ2) is 4.45. The summed E-state index contributed by atoms with van der Waals surface area (Å²) in [6.07, 6.45) is 5.45. The monoisotopic (exact) mass is 211 g/mol. The fourth-order valence-corrected chi connectivity index (χ4v) is 2.89. The lowest BCUT2D eigenvalue weighted by molar-refractivity contribution is 0.0772. The lowest BCUT2D eigenvalue weighted by atomic mass is 9.63. The van der Waals surface area contributed by atoms with Gasteiger partial charge < -0.3 is 5.32 Å². The largest absolute Gasteiger partial charge is 0.317 e. The van der Waals surface area contributed by atoms with Crippen LogP contribution in [0.1, 0.15) is 60.3 Å². The van der Waals surface area contributed by atoms with E-state index in [1.165, 1.54) is 25.7 Å². The highest BCUT2D eigenvalue weighted by atomic mass is 14.9. The summed E-state index contributed by atoms with van der Waals surface area (Å²) in [5, 5.41) is 3.46. The van der Waals surface area contributed by atoms with E-state index in [0.29, 0.717) is 10.8 Å². The molecule has 1 fully saturated rings. The smallest absolute Gasteiger partial charge is 0.00671 e. The summed E-state index contributed by atoms with van der Waals surface area (Å²) in [4.78, 5) is 0. The topological polar surface area (TPSA) is 12.0 Å². The highest BCUT2D eigenvalue weighted by Gasteiger charge is 2.37. The molecule has 0 aliphatic heterocycles. The first-order valence-electron chi connectivity index (χ1n) is 6.42. The van der Waals surface area contributed by atoms with E-state index in [0.717, 1.165) is 12.0 Å². The molecule has 0 heterocycles. The summed E-state index contributed by atoms with van der Waals surface area (Å²) in [5.74, 6) is 0.878. The zero-order valence-electron chi connectivity index (χ0n) is 11.5. The maximum Gasteiger partial charge on any atom is 0.00671 e. The van der Waals surface area contributed by atoms with Crippen LogP contribution in [-0.2, 0) is 0 Å². The second-order valence-corrected chi connectivity index (χ2v) is 7.21. The van der Waals surface area contributed by atoms with Crippen LogP contribution in [0.5, 0.6) is 0 Å². The van der Waals surface area contributed by atoms with Crippen LogP contribution in [0.15, 0.2) is 0 Å². The summed E-state index contributed by atoms with van der Waals surface area (Å²) in [6, 6.07) is 0.755. The molecule has 0 saturated heterocycles. The lowest BCUT2D eigenvalue weighted by Gasteiger charge is -2.44. The molecule has 1 N–H and O–H groups in total. The summed E-state index contributed by atoms with van der Waals surface area (Å²) in [6.45, 7) is 12.0. The summed E-state index contributed by atoms with van der Waals surface area (Å²) >= 11 is 0. The third kappa shape index (κ3) is 3.79. The third-order valence-electron chi connectivity index (χ3n) is 4.08. The van der Waals surface area contributed by atoms with E-state index < -0.39 is 0 Å². The van der Waals surface area contributed by atoms with Crippen molar-refractivity contribution in [3.8, 4) is 0 Å². The fourth-order valence-electron chi connectivity index (χ4n) is 2.89. The van der Waals surface area contributed by atoms with Crippen LogP contribution >= 0.6 is 0 Å². The third-order valence-corrected chi connectivity index (χ3v) is 4.08. The van der Waals surface area contributed by atoms with Crippen molar-refractivity contribution < 1.29 is 0 Å². The fraction of sp³-hybridized carbons (Fsp3) is 1.00. The molecule has 1 aliphatic carbocycles. The SMILES string of the molecule is CNC1CCC(C)(C)C(CC(C)(C)C)C1.